The number of benzene rings is 1. The summed E-state index contributed by atoms with van der Waals surface area (Å²) in [5, 5.41) is 7.69. The van der Waals surface area contributed by atoms with Gasteiger partial charge in [-0.1, -0.05) is 29.8 Å². The van der Waals surface area contributed by atoms with Gasteiger partial charge < -0.3 is 10.3 Å². The number of aromatic amines is 1. The number of thiophene rings is 2. The smallest absolute Gasteiger partial charge is 0.260 e. The van der Waals surface area contributed by atoms with Gasteiger partial charge in [-0.25, -0.2) is 4.98 Å². The third-order valence-corrected chi connectivity index (χ3v) is 6.57. The second-order valence-electron chi connectivity index (χ2n) is 6.45. The SMILES string of the molecule is C[C@H]([NH2+]CCc1ccc(Cl)cc1)c1nc2scc(-c3cccs3)c2c(=O)[nH]1. The number of quaternary nitrogens is 1. The molecule has 4 rings (SSSR count). The van der Waals surface area contributed by atoms with E-state index in [9.17, 15) is 4.79 Å². The monoisotopic (exact) mass is 416 g/mol. The Balaban J connectivity index is 1.50. The van der Waals surface area contributed by atoms with Gasteiger partial charge in [0.1, 0.15) is 10.9 Å². The number of rotatable bonds is 6. The molecule has 4 nitrogen and oxygen atoms in total. The lowest BCUT2D eigenvalue weighted by atomic mass is 10.1. The maximum Gasteiger partial charge on any atom is 0.260 e. The van der Waals surface area contributed by atoms with Crippen LogP contribution in [0.2, 0.25) is 5.02 Å². The number of nitrogens with one attached hydrogen (secondary N) is 1. The summed E-state index contributed by atoms with van der Waals surface area (Å²) < 4.78 is 0. The molecule has 3 aromatic heterocycles. The van der Waals surface area contributed by atoms with Crippen LogP contribution in [0, 0.1) is 0 Å². The molecule has 0 saturated carbocycles. The third-order valence-electron chi connectivity index (χ3n) is 4.55. The van der Waals surface area contributed by atoms with E-state index in [1.165, 1.54) is 16.9 Å². The van der Waals surface area contributed by atoms with Crippen molar-refractivity contribution in [3.8, 4) is 10.4 Å². The van der Waals surface area contributed by atoms with E-state index in [4.69, 9.17) is 16.6 Å². The average molecular weight is 417 g/mol. The summed E-state index contributed by atoms with van der Waals surface area (Å²) in [6.45, 7) is 2.98. The van der Waals surface area contributed by atoms with Crippen LogP contribution >= 0.6 is 34.3 Å². The molecule has 0 unspecified atom stereocenters. The number of halogens is 1. The van der Waals surface area contributed by atoms with Gasteiger partial charge in [0, 0.05) is 27.3 Å². The van der Waals surface area contributed by atoms with Crippen molar-refractivity contribution in [1.29, 1.82) is 0 Å². The third kappa shape index (κ3) is 3.99. The molecule has 138 valence electrons. The summed E-state index contributed by atoms with van der Waals surface area (Å²) >= 11 is 9.09. The minimum atomic E-state index is -0.0578. The van der Waals surface area contributed by atoms with Crippen LogP contribution in [-0.4, -0.2) is 16.5 Å². The zero-order valence-corrected chi connectivity index (χ0v) is 17.1. The first-order valence-corrected chi connectivity index (χ1v) is 10.9. The summed E-state index contributed by atoms with van der Waals surface area (Å²) in [6, 6.07) is 12.0. The molecule has 1 aromatic carbocycles. The first kappa shape index (κ1) is 18.4. The minimum absolute atomic E-state index is 0.0578. The summed E-state index contributed by atoms with van der Waals surface area (Å²) in [4.78, 5) is 22.3. The molecule has 0 bridgehead atoms. The highest BCUT2D eigenvalue weighted by Crippen LogP contribution is 2.33. The molecule has 0 saturated heterocycles. The molecule has 0 radical (unpaired) electrons. The lowest BCUT2D eigenvalue weighted by molar-refractivity contribution is -0.693. The molecule has 7 heteroatoms. The second-order valence-corrected chi connectivity index (χ2v) is 8.69. The van der Waals surface area contributed by atoms with Crippen LogP contribution in [0.4, 0.5) is 0 Å². The van der Waals surface area contributed by atoms with Crippen molar-refractivity contribution in [2.45, 2.75) is 19.4 Å². The molecular weight excluding hydrogens is 398 g/mol. The van der Waals surface area contributed by atoms with E-state index < -0.39 is 0 Å². The van der Waals surface area contributed by atoms with E-state index in [0.717, 1.165) is 39.1 Å². The van der Waals surface area contributed by atoms with Crippen LogP contribution in [0.15, 0.2) is 52.0 Å². The van der Waals surface area contributed by atoms with Crippen molar-refractivity contribution in [2.24, 2.45) is 0 Å². The Hall–Kier alpha value is -1.99. The van der Waals surface area contributed by atoms with Gasteiger partial charge in [0.25, 0.3) is 5.56 Å². The fourth-order valence-electron chi connectivity index (χ4n) is 3.06. The average Bonchev–Trinajstić information content (AvgIpc) is 3.32. The number of nitrogens with two attached hydrogens (primary N) is 1. The van der Waals surface area contributed by atoms with Gasteiger partial charge in [-0.2, -0.15) is 0 Å². The Morgan fingerprint density at radius 1 is 1.22 bits per heavy atom. The standard InChI is InChI=1S/C20H18ClN3OS2/c1-12(22-9-8-13-4-6-14(21)7-5-13)18-23-19(25)17-15(11-27-20(17)24-18)16-3-2-10-26-16/h2-7,10-12,22H,8-9H2,1H3,(H,23,24,25)/p+1/t12-/m0/s1. The van der Waals surface area contributed by atoms with E-state index in [0.29, 0.717) is 5.39 Å². The van der Waals surface area contributed by atoms with Gasteiger partial charge in [0.15, 0.2) is 5.82 Å². The van der Waals surface area contributed by atoms with Gasteiger partial charge >= 0.3 is 0 Å². The lowest BCUT2D eigenvalue weighted by Crippen LogP contribution is -2.85. The molecule has 0 aliphatic carbocycles. The van der Waals surface area contributed by atoms with E-state index in [2.05, 4.69) is 17.2 Å². The molecule has 0 fully saturated rings. The molecule has 0 amide bonds. The molecule has 0 aliphatic rings. The minimum Gasteiger partial charge on any atom is -0.337 e. The zero-order chi connectivity index (χ0) is 18.8. The number of nitrogens with zero attached hydrogens (tertiary/aromatic N) is 1. The van der Waals surface area contributed by atoms with Crippen molar-refractivity contribution >= 4 is 44.5 Å². The predicted octanol–water partition coefficient (Wildman–Crippen LogP) is 4.23. The Morgan fingerprint density at radius 3 is 2.78 bits per heavy atom. The number of aromatic nitrogens is 2. The van der Waals surface area contributed by atoms with Gasteiger partial charge in [0.2, 0.25) is 0 Å². The molecule has 0 spiro atoms. The molecule has 3 heterocycles. The molecule has 27 heavy (non-hydrogen) atoms. The maximum atomic E-state index is 12.7. The number of fused-ring (bicyclic) bond motifs is 1. The van der Waals surface area contributed by atoms with E-state index >= 15 is 0 Å². The maximum absolute atomic E-state index is 12.7. The highest BCUT2D eigenvalue weighted by atomic mass is 35.5. The fraction of sp³-hybridized carbons (Fsp3) is 0.200. The van der Waals surface area contributed by atoms with Crippen molar-refractivity contribution in [3.05, 3.63) is 73.9 Å². The molecule has 1 atom stereocenters. The summed E-state index contributed by atoms with van der Waals surface area (Å²) in [5.41, 5.74) is 2.17. The Bertz CT molecular complexity index is 1100. The summed E-state index contributed by atoms with van der Waals surface area (Å²) in [5.74, 6) is 0.725. The Morgan fingerprint density at radius 2 is 2.04 bits per heavy atom. The predicted molar refractivity (Wildman–Crippen MR) is 114 cm³/mol. The van der Waals surface area contributed by atoms with Gasteiger partial charge in [-0.15, -0.1) is 22.7 Å². The lowest BCUT2D eigenvalue weighted by Gasteiger charge is -2.10. The number of hydrogen-bond acceptors (Lipinski definition) is 4. The molecule has 4 aromatic rings. The first-order chi connectivity index (χ1) is 13.1. The van der Waals surface area contributed by atoms with Crippen LogP contribution < -0.4 is 10.9 Å². The topological polar surface area (TPSA) is 62.4 Å². The zero-order valence-electron chi connectivity index (χ0n) is 14.7. The van der Waals surface area contributed by atoms with Crippen LogP contribution in [0.25, 0.3) is 20.7 Å². The van der Waals surface area contributed by atoms with Crippen LogP contribution in [0.3, 0.4) is 0 Å². The Labute approximate surface area is 169 Å². The van der Waals surface area contributed by atoms with Gasteiger partial charge in [-0.3, -0.25) is 4.79 Å². The fourth-order valence-corrected chi connectivity index (χ4v) is 4.95. The molecular formula is C20H19ClN3OS2+. The highest BCUT2D eigenvalue weighted by molar-refractivity contribution is 7.18. The largest absolute Gasteiger partial charge is 0.337 e. The second kappa shape index (κ2) is 7.94. The van der Waals surface area contributed by atoms with E-state index in [1.807, 2.05) is 47.2 Å². The van der Waals surface area contributed by atoms with Crippen molar-refractivity contribution in [3.63, 3.8) is 0 Å². The van der Waals surface area contributed by atoms with E-state index in [1.54, 1.807) is 11.3 Å². The van der Waals surface area contributed by atoms with Crippen molar-refractivity contribution < 1.29 is 5.32 Å². The number of H-pyrrole nitrogens is 1. The number of hydrogen-bond donors (Lipinski definition) is 2. The van der Waals surface area contributed by atoms with E-state index in [-0.39, 0.29) is 11.6 Å². The summed E-state index contributed by atoms with van der Waals surface area (Å²) in [7, 11) is 0. The normalized spacial score (nSPS) is 12.5. The summed E-state index contributed by atoms with van der Waals surface area (Å²) in [6.07, 6.45) is 0.940. The van der Waals surface area contributed by atoms with Gasteiger partial charge in [0.05, 0.1) is 11.9 Å². The quantitative estimate of drug-likeness (QED) is 0.494. The van der Waals surface area contributed by atoms with Crippen molar-refractivity contribution in [2.75, 3.05) is 6.54 Å². The van der Waals surface area contributed by atoms with Crippen LogP contribution in [-0.2, 0) is 6.42 Å². The molecule has 0 aliphatic heterocycles. The van der Waals surface area contributed by atoms with Crippen LogP contribution in [0.5, 0.6) is 0 Å². The first-order valence-electron chi connectivity index (χ1n) is 8.75. The molecule has 3 N–H and O–H groups in total. The van der Waals surface area contributed by atoms with Crippen molar-refractivity contribution in [1.82, 2.24) is 9.97 Å². The Kier molecular flexibility index (Phi) is 5.41. The van der Waals surface area contributed by atoms with Gasteiger partial charge in [-0.05, 0) is 36.1 Å². The highest BCUT2D eigenvalue weighted by Gasteiger charge is 2.17. The van der Waals surface area contributed by atoms with Crippen LogP contribution in [0.1, 0.15) is 24.4 Å².